The number of esters is 1. The van der Waals surface area contributed by atoms with Gasteiger partial charge in [-0.3, -0.25) is 0 Å². The van der Waals surface area contributed by atoms with Gasteiger partial charge in [0.25, 0.3) is 0 Å². The Morgan fingerprint density at radius 1 is 1.64 bits per heavy atom. The van der Waals surface area contributed by atoms with Gasteiger partial charge in [-0.25, -0.2) is 4.79 Å². The summed E-state index contributed by atoms with van der Waals surface area (Å²) in [6, 6.07) is 0. The average Bonchev–Trinajstić information content (AvgIpc) is 1.97. The molecule has 0 radical (unpaired) electrons. The zero-order valence-corrected chi connectivity index (χ0v) is 7.87. The molecule has 0 spiro atoms. The Hall–Kier alpha value is -0.440. The maximum absolute atomic E-state index is 10.8. The van der Waals surface area contributed by atoms with Crippen LogP contribution in [0.1, 0.15) is 20.3 Å². The molecule has 3 heteroatoms. The molecular formula is C8H14O2S. The van der Waals surface area contributed by atoms with Gasteiger partial charge in [-0.15, -0.1) is 11.8 Å². The molecule has 0 atom stereocenters. The van der Waals surface area contributed by atoms with Crippen LogP contribution in [0.5, 0.6) is 0 Å². The molecule has 0 aliphatic carbocycles. The third-order valence-corrected chi connectivity index (χ3v) is 1.95. The third kappa shape index (κ3) is 5.98. The van der Waals surface area contributed by atoms with Gasteiger partial charge in [0.2, 0.25) is 0 Å². The number of carbonyl (C=O) groups excluding carboxylic acids is 1. The van der Waals surface area contributed by atoms with Gasteiger partial charge in [0.05, 0.1) is 0 Å². The molecule has 0 aromatic heterocycles. The number of ether oxygens (including phenoxy) is 1. The van der Waals surface area contributed by atoms with E-state index in [1.165, 1.54) is 0 Å². The fraction of sp³-hybridized carbons (Fsp3) is 0.625. The van der Waals surface area contributed by atoms with Crippen LogP contribution in [-0.4, -0.2) is 17.7 Å². The fourth-order valence-corrected chi connectivity index (χ4v) is 1.02. The van der Waals surface area contributed by atoms with Crippen molar-refractivity contribution in [2.75, 3.05) is 11.7 Å². The summed E-state index contributed by atoms with van der Waals surface area (Å²) < 4.78 is 4.83. The van der Waals surface area contributed by atoms with E-state index in [1.807, 2.05) is 0 Å². The molecule has 0 aliphatic heterocycles. The minimum Gasteiger partial charge on any atom is -0.451 e. The Bertz CT molecular complexity index is 143. The molecule has 0 saturated heterocycles. The third-order valence-electron chi connectivity index (χ3n) is 0.970. The van der Waals surface area contributed by atoms with Crippen LogP contribution in [0.4, 0.5) is 0 Å². The van der Waals surface area contributed by atoms with Gasteiger partial charge in [0.1, 0.15) is 5.94 Å². The first kappa shape index (κ1) is 10.6. The van der Waals surface area contributed by atoms with Gasteiger partial charge in [-0.1, -0.05) is 13.5 Å². The van der Waals surface area contributed by atoms with E-state index in [2.05, 4.69) is 13.5 Å². The topological polar surface area (TPSA) is 26.3 Å². The number of hydrogen-bond acceptors (Lipinski definition) is 3. The summed E-state index contributed by atoms with van der Waals surface area (Å²) in [4.78, 5) is 10.8. The lowest BCUT2D eigenvalue weighted by molar-refractivity contribution is -0.136. The second-order valence-corrected chi connectivity index (χ2v) is 3.29. The molecule has 0 amide bonds. The first-order valence-corrected chi connectivity index (χ1v) is 4.74. The quantitative estimate of drug-likeness (QED) is 0.277. The van der Waals surface area contributed by atoms with Crippen LogP contribution >= 0.6 is 11.8 Å². The molecule has 0 aromatic carbocycles. The molecule has 0 aromatic rings. The number of rotatable bonds is 5. The zero-order chi connectivity index (χ0) is 8.69. The Balaban J connectivity index is 3.25. The summed E-state index contributed by atoms with van der Waals surface area (Å²) in [5, 5.41) is 0. The van der Waals surface area contributed by atoms with Gasteiger partial charge >= 0.3 is 5.97 Å². The average molecular weight is 174 g/mol. The normalized spacial score (nSPS) is 9.27. The first-order valence-electron chi connectivity index (χ1n) is 3.58. The van der Waals surface area contributed by atoms with E-state index in [0.29, 0.717) is 11.5 Å². The van der Waals surface area contributed by atoms with Crippen molar-refractivity contribution in [2.24, 2.45) is 0 Å². The highest BCUT2D eigenvalue weighted by Gasteiger charge is 2.00. The minimum atomic E-state index is -0.298. The summed E-state index contributed by atoms with van der Waals surface area (Å²) in [5.41, 5.74) is 0.460. The lowest BCUT2D eigenvalue weighted by atomic mass is 10.4. The lowest BCUT2D eigenvalue weighted by Gasteiger charge is -2.01. The summed E-state index contributed by atoms with van der Waals surface area (Å²) in [5.74, 6) is 1.18. The van der Waals surface area contributed by atoms with Gasteiger partial charge in [-0.2, -0.15) is 0 Å². The van der Waals surface area contributed by atoms with Crippen molar-refractivity contribution in [2.45, 2.75) is 20.3 Å². The van der Waals surface area contributed by atoms with Gasteiger partial charge in [-0.05, 0) is 19.1 Å². The molecule has 64 valence electrons. The van der Waals surface area contributed by atoms with E-state index in [0.717, 1.165) is 12.2 Å². The molecule has 0 bridgehead atoms. The fourth-order valence-electron chi connectivity index (χ4n) is 0.422. The first-order chi connectivity index (χ1) is 5.18. The Labute approximate surface area is 72.0 Å². The van der Waals surface area contributed by atoms with Gasteiger partial charge in [0, 0.05) is 5.57 Å². The molecule has 0 rings (SSSR count). The van der Waals surface area contributed by atoms with E-state index in [9.17, 15) is 4.79 Å². The highest BCUT2D eigenvalue weighted by Crippen LogP contribution is 2.03. The Morgan fingerprint density at radius 3 is 2.73 bits per heavy atom. The highest BCUT2D eigenvalue weighted by atomic mass is 32.2. The van der Waals surface area contributed by atoms with Crippen molar-refractivity contribution in [3.63, 3.8) is 0 Å². The van der Waals surface area contributed by atoms with E-state index in [-0.39, 0.29) is 5.97 Å². The largest absolute Gasteiger partial charge is 0.451 e. The maximum Gasteiger partial charge on any atom is 0.333 e. The molecular weight excluding hydrogens is 160 g/mol. The SMILES string of the molecule is C=C(C)C(=O)OCSCCC. The molecule has 0 unspecified atom stereocenters. The van der Waals surface area contributed by atoms with Crippen molar-refractivity contribution >= 4 is 17.7 Å². The monoisotopic (exact) mass is 174 g/mol. The standard InChI is InChI=1S/C8H14O2S/c1-4-5-11-6-10-8(9)7(2)3/h2,4-6H2,1,3H3. The lowest BCUT2D eigenvalue weighted by Crippen LogP contribution is -2.04. The van der Waals surface area contributed by atoms with Crippen molar-refractivity contribution in [3.8, 4) is 0 Å². The molecule has 0 fully saturated rings. The summed E-state index contributed by atoms with van der Waals surface area (Å²) in [6.07, 6.45) is 1.11. The highest BCUT2D eigenvalue weighted by molar-refractivity contribution is 7.99. The summed E-state index contributed by atoms with van der Waals surface area (Å²) in [6.45, 7) is 7.21. The predicted molar refractivity (Wildman–Crippen MR) is 48.5 cm³/mol. The molecule has 11 heavy (non-hydrogen) atoms. The van der Waals surface area contributed by atoms with Gasteiger partial charge in [0.15, 0.2) is 0 Å². The van der Waals surface area contributed by atoms with Crippen LogP contribution in [0.3, 0.4) is 0 Å². The van der Waals surface area contributed by atoms with Crippen LogP contribution in [-0.2, 0) is 9.53 Å². The predicted octanol–water partition coefficient (Wildman–Crippen LogP) is 2.21. The van der Waals surface area contributed by atoms with Crippen LogP contribution in [0.2, 0.25) is 0 Å². The Kier molecular flexibility index (Phi) is 6.03. The molecule has 0 N–H and O–H groups in total. The van der Waals surface area contributed by atoms with Crippen LogP contribution < -0.4 is 0 Å². The van der Waals surface area contributed by atoms with Gasteiger partial charge < -0.3 is 4.74 Å². The number of carbonyl (C=O) groups is 1. The summed E-state index contributed by atoms with van der Waals surface area (Å²) in [7, 11) is 0. The minimum absolute atomic E-state index is 0.298. The van der Waals surface area contributed by atoms with E-state index in [4.69, 9.17) is 4.74 Å². The van der Waals surface area contributed by atoms with Crippen molar-refractivity contribution < 1.29 is 9.53 Å². The van der Waals surface area contributed by atoms with E-state index >= 15 is 0 Å². The number of thioether (sulfide) groups is 1. The summed E-state index contributed by atoms with van der Waals surface area (Å²) >= 11 is 1.61. The molecule has 0 saturated carbocycles. The Morgan fingerprint density at radius 2 is 2.27 bits per heavy atom. The van der Waals surface area contributed by atoms with Crippen LogP contribution in [0, 0.1) is 0 Å². The van der Waals surface area contributed by atoms with E-state index < -0.39 is 0 Å². The molecule has 0 aliphatic rings. The van der Waals surface area contributed by atoms with Crippen LogP contribution in [0.25, 0.3) is 0 Å². The van der Waals surface area contributed by atoms with Crippen molar-refractivity contribution in [3.05, 3.63) is 12.2 Å². The maximum atomic E-state index is 10.8. The van der Waals surface area contributed by atoms with E-state index in [1.54, 1.807) is 18.7 Å². The molecule has 0 heterocycles. The second-order valence-electron chi connectivity index (χ2n) is 2.24. The smallest absolute Gasteiger partial charge is 0.333 e. The van der Waals surface area contributed by atoms with Crippen molar-refractivity contribution in [1.82, 2.24) is 0 Å². The number of hydrogen-bond donors (Lipinski definition) is 0. The molecule has 2 nitrogen and oxygen atoms in total. The zero-order valence-electron chi connectivity index (χ0n) is 7.05. The van der Waals surface area contributed by atoms with Crippen LogP contribution in [0.15, 0.2) is 12.2 Å². The second kappa shape index (κ2) is 6.28. The van der Waals surface area contributed by atoms with Crippen molar-refractivity contribution in [1.29, 1.82) is 0 Å².